The summed E-state index contributed by atoms with van der Waals surface area (Å²) in [4.78, 5) is 2.44. The smallest absolute Gasteiger partial charge is 0.261 e. The van der Waals surface area contributed by atoms with Crippen molar-refractivity contribution in [1.82, 2.24) is 0 Å². The fraction of sp³-hybridized carbons (Fsp3) is 0.0222. The van der Waals surface area contributed by atoms with Gasteiger partial charge in [-0.3, -0.25) is 0 Å². The minimum absolute atomic E-state index is 0.0154. The fourth-order valence-corrected chi connectivity index (χ4v) is 9.65. The average molecular weight is 624 g/mol. The first-order valence-corrected chi connectivity index (χ1v) is 17.0. The molecule has 8 aromatic carbocycles. The highest BCUT2D eigenvalue weighted by Crippen LogP contribution is 2.61. The lowest BCUT2D eigenvalue weighted by Gasteiger charge is -2.47. The van der Waals surface area contributed by atoms with Crippen LogP contribution in [0.5, 0.6) is 23.0 Å². The number of para-hydroxylation sites is 2. The van der Waals surface area contributed by atoms with Crippen LogP contribution in [0.25, 0.3) is 21.5 Å². The number of nitrogens with zero attached hydrogens (tertiary/aromatic N) is 1. The number of anilines is 3. The molecule has 0 aromatic heterocycles. The van der Waals surface area contributed by atoms with Gasteiger partial charge in [-0.2, -0.15) is 0 Å². The number of rotatable bonds is 3. The molecule has 1 spiro atoms. The van der Waals surface area contributed by atoms with Crippen LogP contribution in [-0.4, -0.2) is 6.71 Å². The molecule has 8 aromatic rings. The first-order chi connectivity index (χ1) is 24.3. The van der Waals surface area contributed by atoms with Crippen molar-refractivity contribution in [2.75, 3.05) is 4.90 Å². The molecule has 0 unspecified atom stereocenters. The van der Waals surface area contributed by atoms with Crippen LogP contribution in [0.4, 0.5) is 17.1 Å². The lowest BCUT2D eigenvalue weighted by atomic mass is 9.29. The van der Waals surface area contributed by atoms with Crippen LogP contribution in [0.15, 0.2) is 158 Å². The third-order valence-corrected chi connectivity index (χ3v) is 11.3. The third kappa shape index (κ3) is 3.02. The highest BCUT2D eigenvalue weighted by atomic mass is 16.5. The molecule has 0 fully saturated rings. The Bertz CT molecular complexity index is 2620. The van der Waals surface area contributed by atoms with Crippen molar-refractivity contribution in [3.05, 3.63) is 180 Å². The molecular formula is C45H26BNO2. The van der Waals surface area contributed by atoms with Crippen LogP contribution in [0.3, 0.4) is 0 Å². The maximum atomic E-state index is 6.80. The van der Waals surface area contributed by atoms with Gasteiger partial charge in [-0.05, 0) is 104 Å². The number of benzene rings is 8. The molecule has 4 heteroatoms. The molecule has 3 aliphatic heterocycles. The Morgan fingerprint density at radius 3 is 1.51 bits per heavy atom. The highest BCUT2D eigenvalue weighted by molar-refractivity contribution is 6.99. The molecule has 12 rings (SSSR count). The van der Waals surface area contributed by atoms with Crippen molar-refractivity contribution in [3.63, 3.8) is 0 Å². The van der Waals surface area contributed by atoms with Crippen molar-refractivity contribution in [2.45, 2.75) is 5.41 Å². The maximum absolute atomic E-state index is 6.80. The van der Waals surface area contributed by atoms with E-state index in [1.54, 1.807) is 0 Å². The Morgan fingerprint density at radius 2 is 0.898 bits per heavy atom. The molecule has 0 amide bonds. The summed E-state index contributed by atoms with van der Waals surface area (Å²) in [6.07, 6.45) is 0. The third-order valence-electron chi connectivity index (χ3n) is 11.3. The average Bonchev–Trinajstić information content (AvgIpc) is 3.47. The molecule has 0 atom stereocenters. The van der Waals surface area contributed by atoms with Gasteiger partial charge in [-0.25, -0.2) is 0 Å². The predicted molar refractivity (Wildman–Crippen MR) is 199 cm³/mol. The van der Waals surface area contributed by atoms with Gasteiger partial charge in [0.25, 0.3) is 6.71 Å². The lowest BCUT2D eigenvalue weighted by molar-refractivity contribution is 0.461. The second-order valence-corrected chi connectivity index (χ2v) is 13.5. The van der Waals surface area contributed by atoms with E-state index in [-0.39, 0.29) is 6.71 Å². The summed E-state index contributed by atoms with van der Waals surface area (Å²) in [6.45, 7) is 0.0154. The minimum atomic E-state index is -0.635. The van der Waals surface area contributed by atoms with Crippen LogP contribution in [0.2, 0.25) is 0 Å². The van der Waals surface area contributed by atoms with Crippen LogP contribution < -0.4 is 30.8 Å². The molecule has 3 nitrogen and oxygen atoms in total. The van der Waals surface area contributed by atoms with Crippen molar-refractivity contribution < 1.29 is 9.47 Å². The van der Waals surface area contributed by atoms with Crippen LogP contribution in [0, 0.1) is 0 Å². The summed E-state index contributed by atoms with van der Waals surface area (Å²) < 4.78 is 13.6. The van der Waals surface area contributed by atoms with Crippen molar-refractivity contribution in [2.24, 2.45) is 0 Å². The van der Waals surface area contributed by atoms with Crippen molar-refractivity contribution in [3.8, 4) is 23.0 Å². The standard InChI is InChI=1S/C45H26BNO2/c1-3-12-29(13-4-1)47(30-14-5-2-6-15-30)34-26-25-28-24-23-27-11-7-16-31-39(27)40(28)41(34)45(31)32-17-8-19-35-42(32)46-43-33(45)18-9-20-36(43)49-38-22-10-21-37(48-35)44(38)46/h1-26H. The van der Waals surface area contributed by atoms with E-state index in [4.69, 9.17) is 9.47 Å². The fourth-order valence-electron chi connectivity index (χ4n) is 9.65. The quantitative estimate of drug-likeness (QED) is 0.145. The first kappa shape index (κ1) is 25.8. The summed E-state index contributed by atoms with van der Waals surface area (Å²) in [6, 6.07) is 57.3. The van der Waals surface area contributed by atoms with E-state index in [0.717, 1.165) is 45.5 Å². The highest BCUT2D eigenvalue weighted by Gasteiger charge is 2.57. The number of hydrogen-bond donors (Lipinski definition) is 0. The summed E-state index contributed by atoms with van der Waals surface area (Å²) >= 11 is 0. The molecule has 0 bridgehead atoms. The Kier molecular flexibility index (Phi) is 4.74. The molecule has 49 heavy (non-hydrogen) atoms. The molecule has 0 N–H and O–H groups in total. The molecular weight excluding hydrogens is 597 g/mol. The largest absolute Gasteiger partial charge is 0.458 e. The number of ether oxygens (including phenoxy) is 2. The van der Waals surface area contributed by atoms with Gasteiger partial charge in [0.1, 0.15) is 23.0 Å². The molecule has 0 radical (unpaired) electrons. The molecule has 0 saturated carbocycles. The Balaban J connectivity index is 1.30. The van der Waals surface area contributed by atoms with Crippen LogP contribution in [-0.2, 0) is 5.41 Å². The summed E-state index contributed by atoms with van der Waals surface area (Å²) in [5.74, 6) is 3.60. The van der Waals surface area contributed by atoms with Gasteiger partial charge >= 0.3 is 0 Å². The first-order valence-electron chi connectivity index (χ1n) is 17.0. The molecule has 4 aliphatic rings. The predicted octanol–water partition coefficient (Wildman–Crippen LogP) is 9.20. The molecule has 0 saturated heterocycles. The van der Waals surface area contributed by atoms with Crippen LogP contribution in [0.1, 0.15) is 22.3 Å². The van der Waals surface area contributed by atoms with Crippen molar-refractivity contribution >= 4 is 61.7 Å². The van der Waals surface area contributed by atoms with E-state index < -0.39 is 5.41 Å². The zero-order valence-corrected chi connectivity index (χ0v) is 26.4. The molecule has 1 aliphatic carbocycles. The van der Waals surface area contributed by atoms with E-state index >= 15 is 0 Å². The van der Waals surface area contributed by atoms with Crippen molar-refractivity contribution in [1.29, 1.82) is 0 Å². The zero-order chi connectivity index (χ0) is 31.8. The SMILES string of the molecule is c1ccc(N(c2ccccc2)c2ccc3ccc4cccc5c4c3c2C52c3cccc4c3B3c5c(cccc5Oc5cccc2c53)O4)cc1. The lowest BCUT2D eigenvalue weighted by Crippen LogP contribution is -2.65. The Hall–Kier alpha value is -6.26. The molecule has 226 valence electrons. The maximum Gasteiger partial charge on any atom is 0.261 e. The number of fused-ring (bicyclic) bond motifs is 4. The van der Waals surface area contributed by atoms with E-state index in [1.165, 1.54) is 54.7 Å². The van der Waals surface area contributed by atoms with Gasteiger partial charge in [-0.15, -0.1) is 0 Å². The summed E-state index contributed by atoms with van der Waals surface area (Å²) in [5.41, 5.74) is 11.5. The Morgan fingerprint density at radius 1 is 0.408 bits per heavy atom. The van der Waals surface area contributed by atoms with E-state index in [0.29, 0.717) is 0 Å². The summed E-state index contributed by atoms with van der Waals surface area (Å²) in [7, 11) is 0. The minimum Gasteiger partial charge on any atom is -0.458 e. The van der Waals surface area contributed by atoms with Gasteiger partial charge in [0.2, 0.25) is 0 Å². The van der Waals surface area contributed by atoms with Gasteiger partial charge in [0.05, 0.1) is 11.1 Å². The second kappa shape index (κ2) is 9.00. The zero-order valence-electron chi connectivity index (χ0n) is 26.4. The molecule has 3 heterocycles. The van der Waals surface area contributed by atoms with E-state index in [1.807, 2.05) is 6.07 Å². The number of hydrogen-bond acceptors (Lipinski definition) is 3. The van der Waals surface area contributed by atoms with Gasteiger partial charge in [0, 0.05) is 22.4 Å². The van der Waals surface area contributed by atoms with Gasteiger partial charge < -0.3 is 14.4 Å². The summed E-state index contributed by atoms with van der Waals surface area (Å²) in [5, 5.41) is 5.13. The Labute approximate surface area is 283 Å². The van der Waals surface area contributed by atoms with E-state index in [9.17, 15) is 0 Å². The van der Waals surface area contributed by atoms with Gasteiger partial charge in [0.15, 0.2) is 0 Å². The van der Waals surface area contributed by atoms with Crippen LogP contribution >= 0.6 is 0 Å². The monoisotopic (exact) mass is 623 g/mol. The van der Waals surface area contributed by atoms with E-state index in [2.05, 4.69) is 157 Å². The normalized spacial score (nSPS) is 14.6. The topological polar surface area (TPSA) is 21.7 Å². The second-order valence-electron chi connectivity index (χ2n) is 13.5. The van der Waals surface area contributed by atoms with Gasteiger partial charge in [-0.1, -0.05) is 103 Å².